The van der Waals surface area contributed by atoms with Crippen molar-refractivity contribution in [2.24, 2.45) is 0 Å². The number of carbonyl (C=O) groups is 5. The van der Waals surface area contributed by atoms with Crippen LogP contribution in [-0.4, -0.2) is 79.3 Å². The van der Waals surface area contributed by atoms with E-state index >= 15 is 0 Å². The minimum Gasteiger partial charge on any atom is -0.493 e. The van der Waals surface area contributed by atoms with Crippen LogP contribution in [0.25, 0.3) is 0 Å². The lowest BCUT2D eigenvalue weighted by molar-refractivity contribution is -0.130. The minimum absolute atomic E-state index is 0.112. The number of nitrogens with zero attached hydrogens (tertiary/aromatic N) is 1. The zero-order chi connectivity index (χ0) is 25.2. The molecule has 11 heteroatoms. The lowest BCUT2D eigenvalue weighted by atomic mass is 10.1. The lowest BCUT2D eigenvalue weighted by Gasteiger charge is -2.21. The SMILES string of the molecule is C[C@@H]1NC(=O)C[C@@H](C(=O)NCCCN2CCCC2=O)NC(=O)c2ccccc2OCCCNC1=O. The highest BCUT2D eigenvalue weighted by Crippen LogP contribution is 2.18. The quantitative estimate of drug-likeness (QED) is 0.420. The van der Waals surface area contributed by atoms with Crippen molar-refractivity contribution in [1.82, 2.24) is 26.2 Å². The van der Waals surface area contributed by atoms with Crippen LogP contribution in [0.3, 0.4) is 0 Å². The summed E-state index contributed by atoms with van der Waals surface area (Å²) in [5.41, 5.74) is 0.241. The van der Waals surface area contributed by atoms with Crippen LogP contribution in [0.4, 0.5) is 0 Å². The van der Waals surface area contributed by atoms with Gasteiger partial charge in [-0.05, 0) is 38.3 Å². The molecule has 5 amide bonds. The van der Waals surface area contributed by atoms with Gasteiger partial charge in [-0.2, -0.15) is 0 Å². The molecule has 0 aliphatic carbocycles. The summed E-state index contributed by atoms with van der Waals surface area (Å²) in [4.78, 5) is 64.2. The normalized spacial score (nSPS) is 22.0. The van der Waals surface area contributed by atoms with Crippen LogP contribution in [0.1, 0.15) is 49.4 Å². The molecule has 2 aliphatic rings. The first-order valence-electron chi connectivity index (χ1n) is 12.0. The van der Waals surface area contributed by atoms with Gasteiger partial charge in [-0.1, -0.05) is 12.1 Å². The number of likely N-dealkylation sites (tertiary alicyclic amines) is 1. The number of rotatable bonds is 5. The van der Waals surface area contributed by atoms with Gasteiger partial charge >= 0.3 is 0 Å². The van der Waals surface area contributed by atoms with Crippen LogP contribution >= 0.6 is 0 Å². The van der Waals surface area contributed by atoms with Gasteiger partial charge in [-0.25, -0.2) is 0 Å². The van der Waals surface area contributed by atoms with E-state index in [1.807, 2.05) is 0 Å². The summed E-state index contributed by atoms with van der Waals surface area (Å²) in [6.07, 6.45) is 2.12. The topological polar surface area (TPSA) is 146 Å². The predicted octanol–water partition coefficient (Wildman–Crippen LogP) is -0.293. The Balaban J connectivity index is 1.69. The second-order valence-electron chi connectivity index (χ2n) is 8.64. The molecule has 2 atom stereocenters. The molecule has 1 aromatic rings. The first kappa shape index (κ1) is 26.0. The van der Waals surface area contributed by atoms with Crippen LogP contribution < -0.4 is 26.0 Å². The third-order valence-corrected chi connectivity index (χ3v) is 5.87. The Hall–Kier alpha value is -3.63. The van der Waals surface area contributed by atoms with Gasteiger partial charge in [0, 0.05) is 32.6 Å². The fourth-order valence-corrected chi connectivity index (χ4v) is 3.94. The van der Waals surface area contributed by atoms with Gasteiger partial charge in [-0.15, -0.1) is 0 Å². The van der Waals surface area contributed by atoms with Crippen molar-refractivity contribution in [3.05, 3.63) is 29.8 Å². The van der Waals surface area contributed by atoms with Gasteiger partial charge < -0.3 is 30.9 Å². The van der Waals surface area contributed by atoms with Crippen molar-refractivity contribution < 1.29 is 28.7 Å². The maximum absolute atomic E-state index is 13.0. The molecule has 3 rings (SSSR count). The van der Waals surface area contributed by atoms with Gasteiger partial charge in [0.2, 0.25) is 23.6 Å². The first-order valence-corrected chi connectivity index (χ1v) is 12.0. The van der Waals surface area contributed by atoms with Crippen molar-refractivity contribution >= 4 is 29.5 Å². The molecule has 190 valence electrons. The average Bonchev–Trinajstić information content (AvgIpc) is 3.24. The Kier molecular flexibility index (Phi) is 9.45. The second-order valence-corrected chi connectivity index (χ2v) is 8.64. The predicted molar refractivity (Wildman–Crippen MR) is 126 cm³/mol. The zero-order valence-electron chi connectivity index (χ0n) is 19.9. The van der Waals surface area contributed by atoms with Crippen molar-refractivity contribution in [2.75, 3.05) is 32.8 Å². The van der Waals surface area contributed by atoms with Crippen molar-refractivity contribution in [3.8, 4) is 5.75 Å². The molecule has 1 aromatic carbocycles. The number of hydrogen-bond donors (Lipinski definition) is 4. The molecule has 35 heavy (non-hydrogen) atoms. The number of carbonyl (C=O) groups excluding carboxylic acids is 5. The first-order chi connectivity index (χ1) is 16.8. The number of ether oxygens (including phenoxy) is 1. The average molecular weight is 488 g/mol. The summed E-state index contributed by atoms with van der Waals surface area (Å²) in [6, 6.07) is 4.67. The highest BCUT2D eigenvalue weighted by molar-refractivity contribution is 6.01. The summed E-state index contributed by atoms with van der Waals surface area (Å²) >= 11 is 0. The fraction of sp³-hybridized carbons (Fsp3) is 0.542. The molecule has 1 saturated heterocycles. The number of fused-ring (bicyclic) bond motifs is 1. The fourth-order valence-electron chi connectivity index (χ4n) is 3.94. The molecule has 0 unspecified atom stereocenters. The smallest absolute Gasteiger partial charge is 0.255 e. The van der Waals surface area contributed by atoms with Gasteiger partial charge in [0.15, 0.2) is 0 Å². The molecule has 11 nitrogen and oxygen atoms in total. The van der Waals surface area contributed by atoms with E-state index in [9.17, 15) is 24.0 Å². The van der Waals surface area contributed by atoms with E-state index < -0.39 is 29.8 Å². The Morgan fingerprint density at radius 3 is 2.71 bits per heavy atom. The maximum atomic E-state index is 13.0. The van der Waals surface area contributed by atoms with Crippen LogP contribution in [0, 0.1) is 0 Å². The van der Waals surface area contributed by atoms with E-state index in [1.54, 1.807) is 36.1 Å². The summed E-state index contributed by atoms with van der Waals surface area (Å²) < 4.78 is 5.72. The molecular weight excluding hydrogens is 454 g/mol. The number of nitrogens with one attached hydrogen (secondary N) is 4. The van der Waals surface area contributed by atoms with Crippen LogP contribution in [0.5, 0.6) is 5.75 Å². The molecule has 0 spiro atoms. The minimum atomic E-state index is -1.16. The van der Waals surface area contributed by atoms with Crippen LogP contribution in [0.15, 0.2) is 24.3 Å². The molecule has 2 heterocycles. The molecule has 0 saturated carbocycles. The Morgan fingerprint density at radius 2 is 1.94 bits per heavy atom. The number of hydrogen-bond acceptors (Lipinski definition) is 6. The van der Waals surface area contributed by atoms with Crippen molar-refractivity contribution in [3.63, 3.8) is 0 Å². The molecule has 1 fully saturated rings. The monoisotopic (exact) mass is 487 g/mol. The number of benzene rings is 1. The zero-order valence-corrected chi connectivity index (χ0v) is 19.9. The highest BCUT2D eigenvalue weighted by Gasteiger charge is 2.27. The van der Waals surface area contributed by atoms with Crippen LogP contribution in [0.2, 0.25) is 0 Å². The largest absolute Gasteiger partial charge is 0.493 e. The highest BCUT2D eigenvalue weighted by atomic mass is 16.5. The van der Waals surface area contributed by atoms with Crippen molar-refractivity contribution in [1.29, 1.82) is 0 Å². The van der Waals surface area contributed by atoms with Crippen molar-refractivity contribution in [2.45, 2.75) is 51.1 Å². The van der Waals surface area contributed by atoms with E-state index in [2.05, 4.69) is 21.3 Å². The standard InChI is InChI=1S/C24H33N5O6/c1-16-22(32)25-11-6-14-35-19-8-3-2-7-17(19)23(33)28-18(15-20(30)27-16)24(34)26-10-5-13-29-12-4-9-21(29)31/h2-3,7-8,16,18H,4-6,9-15H2,1H3,(H,25,32)(H,26,34)(H,27,30)(H,28,33)/t16-,18-/m0/s1. The number of amides is 5. The second kappa shape index (κ2) is 12.7. The third kappa shape index (κ3) is 7.69. The molecule has 0 aromatic heterocycles. The Morgan fingerprint density at radius 1 is 1.14 bits per heavy atom. The van der Waals surface area contributed by atoms with E-state index in [-0.39, 0.29) is 37.0 Å². The summed E-state index contributed by atoms with van der Waals surface area (Å²) in [5.74, 6) is -1.51. The molecule has 0 bridgehead atoms. The maximum Gasteiger partial charge on any atom is 0.255 e. The Bertz CT molecular complexity index is 952. The Labute approximate surface area is 204 Å². The van der Waals surface area contributed by atoms with Gasteiger partial charge in [-0.3, -0.25) is 24.0 Å². The van der Waals surface area contributed by atoms with Gasteiger partial charge in [0.1, 0.15) is 17.8 Å². The summed E-state index contributed by atoms with van der Waals surface area (Å²) in [7, 11) is 0. The van der Waals surface area contributed by atoms with E-state index in [4.69, 9.17) is 4.74 Å². The molecular formula is C24H33N5O6. The lowest BCUT2D eigenvalue weighted by Crippen LogP contribution is -2.51. The van der Waals surface area contributed by atoms with Gasteiger partial charge in [0.05, 0.1) is 18.6 Å². The van der Waals surface area contributed by atoms with Gasteiger partial charge in [0.25, 0.3) is 5.91 Å². The van der Waals surface area contributed by atoms with E-state index in [0.717, 1.165) is 13.0 Å². The van der Waals surface area contributed by atoms with E-state index in [0.29, 0.717) is 38.1 Å². The van der Waals surface area contributed by atoms with Crippen LogP contribution in [-0.2, 0) is 19.2 Å². The number of para-hydroxylation sites is 1. The summed E-state index contributed by atoms with van der Waals surface area (Å²) in [5, 5.41) is 10.7. The summed E-state index contributed by atoms with van der Waals surface area (Å²) in [6.45, 7) is 3.71. The molecule has 4 N–H and O–H groups in total. The van der Waals surface area contributed by atoms with E-state index in [1.165, 1.54) is 0 Å². The molecule has 0 radical (unpaired) electrons. The third-order valence-electron chi connectivity index (χ3n) is 5.87. The molecule has 2 aliphatic heterocycles.